The molecule has 3 nitrogen and oxygen atoms in total. The summed E-state index contributed by atoms with van der Waals surface area (Å²) >= 11 is 0. The van der Waals surface area contributed by atoms with Gasteiger partial charge < -0.3 is 14.2 Å². The first-order valence-corrected chi connectivity index (χ1v) is 6.90. The van der Waals surface area contributed by atoms with E-state index in [9.17, 15) is 0 Å². The van der Waals surface area contributed by atoms with Crippen molar-refractivity contribution in [3.05, 3.63) is 47.7 Å². The lowest BCUT2D eigenvalue weighted by Gasteiger charge is -2.29. The van der Waals surface area contributed by atoms with Crippen molar-refractivity contribution in [2.75, 3.05) is 13.2 Å². The Balaban J connectivity index is 1.45. The van der Waals surface area contributed by atoms with Gasteiger partial charge in [-0.15, -0.1) is 0 Å². The second-order valence-electron chi connectivity index (χ2n) is 5.31. The zero-order valence-corrected chi connectivity index (χ0v) is 11.2. The molecule has 2 aliphatic rings. The second-order valence-corrected chi connectivity index (χ2v) is 5.31. The normalized spacial score (nSPS) is 29.5. The van der Waals surface area contributed by atoms with Gasteiger partial charge >= 0.3 is 0 Å². The van der Waals surface area contributed by atoms with Gasteiger partial charge in [-0.3, -0.25) is 0 Å². The highest BCUT2D eigenvalue weighted by Crippen LogP contribution is 2.34. The predicted molar refractivity (Wildman–Crippen MR) is 72.6 cm³/mol. The van der Waals surface area contributed by atoms with Crippen molar-refractivity contribution in [2.24, 2.45) is 5.92 Å². The summed E-state index contributed by atoms with van der Waals surface area (Å²) < 4.78 is 17.1. The van der Waals surface area contributed by atoms with E-state index in [0.717, 1.165) is 6.42 Å². The topological polar surface area (TPSA) is 27.7 Å². The molecule has 1 aromatic carbocycles. The molecule has 0 radical (unpaired) electrons. The van der Waals surface area contributed by atoms with Crippen LogP contribution in [-0.2, 0) is 20.8 Å². The Kier molecular flexibility index (Phi) is 3.85. The average Bonchev–Trinajstić information content (AvgIpc) is 2.82. The Morgan fingerprint density at radius 2 is 2.11 bits per heavy atom. The number of fused-ring (bicyclic) bond motifs is 1. The van der Waals surface area contributed by atoms with Gasteiger partial charge in [-0.1, -0.05) is 30.3 Å². The van der Waals surface area contributed by atoms with Crippen LogP contribution in [0.25, 0.3) is 0 Å². The number of rotatable bonds is 4. The minimum atomic E-state index is 0.190. The molecule has 0 spiro atoms. The number of hydrogen-bond donors (Lipinski definition) is 0. The smallest absolute Gasteiger partial charge is 0.102 e. The summed E-state index contributed by atoms with van der Waals surface area (Å²) in [5.74, 6) is 0.513. The van der Waals surface area contributed by atoms with E-state index < -0.39 is 0 Å². The van der Waals surface area contributed by atoms with E-state index in [-0.39, 0.29) is 12.2 Å². The van der Waals surface area contributed by atoms with Crippen LogP contribution >= 0.6 is 0 Å². The molecule has 3 rings (SSSR count). The van der Waals surface area contributed by atoms with E-state index in [1.165, 1.54) is 11.1 Å². The number of benzene rings is 1. The molecule has 3 heteroatoms. The molecule has 0 unspecified atom stereocenters. The van der Waals surface area contributed by atoms with Crippen LogP contribution in [0.5, 0.6) is 0 Å². The Bertz CT molecular complexity index is 441. The lowest BCUT2D eigenvalue weighted by Crippen LogP contribution is -2.33. The van der Waals surface area contributed by atoms with Crippen molar-refractivity contribution >= 4 is 0 Å². The average molecular weight is 260 g/mol. The quantitative estimate of drug-likeness (QED) is 0.833. The van der Waals surface area contributed by atoms with E-state index in [4.69, 9.17) is 14.2 Å². The van der Waals surface area contributed by atoms with Crippen LogP contribution in [0.15, 0.2) is 42.2 Å². The molecule has 102 valence electrons. The zero-order valence-electron chi connectivity index (χ0n) is 11.2. The molecule has 2 heterocycles. The van der Waals surface area contributed by atoms with E-state index in [0.29, 0.717) is 25.7 Å². The summed E-state index contributed by atoms with van der Waals surface area (Å²) in [4.78, 5) is 0. The molecule has 1 saturated heterocycles. The third kappa shape index (κ3) is 2.99. The lowest BCUT2D eigenvalue weighted by molar-refractivity contribution is -0.0460. The van der Waals surface area contributed by atoms with Crippen LogP contribution in [0.4, 0.5) is 0 Å². The molecule has 2 aliphatic heterocycles. The van der Waals surface area contributed by atoms with Crippen LogP contribution in [-0.4, -0.2) is 25.4 Å². The zero-order chi connectivity index (χ0) is 13.1. The summed E-state index contributed by atoms with van der Waals surface area (Å²) in [6, 6.07) is 10.2. The van der Waals surface area contributed by atoms with Gasteiger partial charge in [-0.2, -0.15) is 0 Å². The second kappa shape index (κ2) is 5.76. The Labute approximate surface area is 114 Å². The molecule has 3 atom stereocenters. The van der Waals surface area contributed by atoms with E-state index >= 15 is 0 Å². The van der Waals surface area contributed by atoms with Crippen LogP contribution in [0.3, 0.4) is 0 Å². The van der Waals surface area contributed by atoms with Gasteiger partial charge in [0.15, 0.2) is 0 Å². The molecule has 19 heavy (non-hydrogen) atoms. The van der Waals surface area contributed by atoms with Gasteiger partial charge in [0, 0.05) is 5.92 Å². The molecule has 0 N–H and O–H groups in total. The highest BCUT2D eigenvalue weighted by atomic mass is 16.5. The summed E-state index contributed by atoms with van der Waals surface area (Å²) in [5.41, 5.74) is 2.50. The summed E-state index contributed by atoms with van der Waals surface area (Å²) in [7, 11) is 0. The van der Waals surface area contributed by atoms with Gasteiger partial charge in [0.2, 0.25) is 0 Å². The molecular weight excluding hydrogens is 240 g/mol. The standard InChI is InChI=1S/C16H20O3/c1-12-16-7-15(19-10-14(16)9-18-12)11-17-8-13-5-3-2-4-6-13/h2-6,9,12,15-16H,7-8,10-11H2,1H3/t12-,15+,16-/m0/s1. The Hall–Kier alpha value is -1.32. The molecule has 0 aromatic heterocycles. The van der Waals surface area contributed by atoms with Crippen LogP contribution < -0.4 is 0 Å². The summed E-state index contributed by atoms with van der Waals surface area (Å²) in [5, 5.41) is 0. The minimum absolute atomic E-state index is 0.190. The summed E-state index contributed by atoms with van der Waals surface area (Å²) in [6.07, 6.45) is 3.35. The molecule has 1 aromatic rings. The Morgan fingerprint density at radius 3 is 2.95 bits per heavy atom. The van der Waals surface area contributed by atoms with Crippen molar-refractivity contribution in [2.45, 2.75) is 32.2 Å². The van der Waals surface area contributed by atoms with Crippen LogP contribution in [0.1, 0.15) is 18.9 Å². The Morgan fingerprint density at radius 1 is 1.26 bits per heavy atom. The summed E-state index contributed by atoms with van der Waals surface area (Å²) in [6.45, 7) is 4.13. The third-order valence-corrected chi connectivity index (χ3v) is 3.89. The first-order valence-electron chi connectivity index (χ1n) is 6.90. The van der Waals surface area contributed by atoms with Gasteiger partial charge in [-0.25, -0.2) is 0 Å². The highest BCUT2D eigenvalue weighted by Gasteiger charge is 2.35. The SMILES string of the molecule is C[C@@H]1OC=C2CO[C@@H](COCc3ccccc3)C[C@H]21. The molecule has 1 fully saturated rings. The first kappa shape index (κ1) is 12.7. The van der Waals surface area contributed by atoms with Gasteiger partial charge in [-0.05, 0) is 24.5 Å². The molecule has 0 saturated carbocycles. The van der Waals surface area contributed by atoms with Crippen LogP contribution in [0, 0.1) is 5.92 Å². The largest absolute Gasteiger partial charge is 0.498 e. The fourth-order valence-electron chi connectivity index (χ4n) is 2.73. The molecule has 0 aliphatic carbocycles. The fraction of sp³-hybridized carbons (Fsp3) is 0.500. The van der Waals surface area contributed by atoms with Crippen molar-refractivity contribution in [3.63, 3.8) is 0 Å². The fourth-order valence-corrected chi connectivity index (χ4v) is 2.73. The molecular formula is C16H20O3. The number of ether oxygens (including phenoxy) is 3. The minimum Gasteiger partial charge on any atom is -0.498 e. The van der Waals surface area contributed by atoms with Gasteiger partial charge in [0.25, 0.3) is 0 Å². The molecule has 0 bridgehead atoms. The van der Waals surface area contributed by atoms with E-state index in [1.54, 1.807) is 0 Å². The number of hydrogen-bond acceptors (Lipinski definition) is 3. The monoisotopic (exact) mass is 260 g/mol. The predicted octanol–water partition coefficient (Wildman–Crippen LogP) is 2.91. The van der Waals surface area contributed by atoms with E-state index in [1.807, 2.05) is 24.5 Å². The lowest BCUT2D eigenvalue weighted by atomic mass is 9.89. The van der Waals surface area contributed by atoms with Crippen molar-refractivity contribution in [1.29, 1.82) is 0 Å². The van der Waals surface area contributed by atoms with Crippen molar-refractivity contribution < 1.29 is 14.2 Å². The highest BCUT2D eigenvalue weighted by molar-refractivity contribution is 5.14. The van der Waals surface area contributed by atoms with Gasteiger partial charge in [0.05, 0.1) is 32.2 Å². The van der Waals surface area contributed by atoms with Gasteiger partial charge in [0.1, 0.15) is 6.10 Å². The van der Waals surface area contributed by atoms with E-state index in [2.05, 4.69) is 19.1 Å². The van der Waals surface area contributed by atoms with Crippen molar-refractivity contribution in [1.82, 2.24) is 0 Å². The maximum Gasteiger partial charge on any atom is 0.102 e. The van der Waals surface area contributed by atoms with Crippen molar-refractivity contribution in [3.8, 4) is 0 Å². The third-order valence-electron chi connectivity index (χ3n) is 3.89. The maximum atomic E-state index is 5.80. The first-order chi connectivity index (χ1) is 9.33. The molecule has 0 amide bonds. The maximum absolute atomic E-state index is 5.80. The van der Waals surface area contributed by atoms with Crippen LogP contribution in [0.2, 0.25) is 0 Å².